The molecule has 0 bridgehead atoms. The van der Waals surface area contributed by atoms with Gasteiger partial charge < -0.3 is 15.0 Å². The maximum absolute atomic E-state index is 12.5. The lowest BCUT2D eigenvalue weighted by Crippen LogP contribution is -2.53. The lowest BCUT2D eigenvalue weighted by molar-refractivity contribution is -0.162. The van der Waals surface area contributed by atoms with Gasteiger partial charge in [-0.05, 0) is 25.1 Å². The van der Waals surface area contributed by atoms with E-state index in [1.807, 2.05) is 31.2 Å². The fourth-order valence-electron chi connectivity index (χ4n) is 2.73. The van der Waals surface area contributed by atoms with Crippen LogP contribution in [-0.2, 0) is 24.3 Å². The van der Waals surface area contributed by atoms with Gasteiger partial charge in [-0.2, -0.15) is 0 Å². The highest BCUT2D eigenvalue weighted by Crippen LogP contribution is 2.31. The first kappa shape index (κ1) is 19.4. The first-order chi connectivity index (χ1) is 11.8. The molecule has 0 radical (unpaired) electrons. The molecule has 1 aromatic rings. The summed E-state index contributed by atoms with van der Waals surface area (Å²) in [5.74, 6) is -0.889. The van der Waals surface area contributed by atoms with Gasteiger partial charge in [-0.15, -0.1) is 0 Å². The zero-order chi connectivity index (χ0) is 18.6. The Hall–Kier alpha value is -1.97. The van der Waals surface area contributed by atoms with Gasteiger partial charge in [-0.3, -0.25) is 9.59 Å². The molecule has 2 rings (SSSR count). The molecular weight excluding hydrogens is 346 g/mol. The number of hydrogen-bond donors (Lipinski definition) is 2. The van der Waals surface area contributed by atoms with Gasteiger partial charge in [0, 0.05) is 13.6 Å². The van der Waals surface area contributed by atoms with Gasteiger partial charge in [-0.25, -0.2) is 13.1 Å². The molecule has 0 spiro atoms. The zero-order valence-electron chi connectivity index (χ0n) is 14.5. The normalized spacial score (nSPS) is 21.2. The molecule has 0 aliphatic carbocycles. The second-order valence-corrected chi connectivity index (χ2v) is 7.90. The number of aryl methyl sites for hydroxylation is 1. The van der Waals surface area contributed by atoms with E-state index in [-0.39, 0.29) is 24.8 Å². The third-order valence-electron chi connectivity index (χ3n) is 4.23. The van der Waals surface area contributed by atoms with Crippen molar-refractivity contribution in [1.29, 1.82) is 0 Å². The number of carbonyl (C=O) groups excluding carboxylic acids is 2. The van der Waals surface area contributed by atoms with E-state index in [1.54, 1.807) is 7.05 Å². The average Bonchev–Trinajstić information content (AvgIpc) is 2.58. The van der Waals surface area contributed by atoms with Crippen molar-refractivity contribution in [2.24, 2.45) is 0 Å². The molecule has 0 unspecified atom stereocenters. The number of morpholine rings is 1. The van der Waals surface area contributed by atoms with Crippen LogP contribution in [0.25, 0.3) is 0 Å². The molecule has 2 N–H and O–H groups in total. The fourth-order valence-corrected chi connectivity index (χ4v) is 3.31. The van der Waals surface area contributed by atoms with Crippen molar-refractivity contribution >= 4 is 21.8 Å². The Morgan fingerprint density at radius 2 is 2.04 bits per heavy atom. The summed E-state index contributed by atoms with van der Waals surface area (Å²) in [6.07, 6.45) is -0.902. The van der Waals surface area contributed by atoms with Crippen molar-refractivity contribution in [3.63, 3.8) is 0 Å². The molecular formula is C16H23N3O5S. The molecule has 0 aromatic heterocycles. The van der Waals surface area contributed by atoms with Crippen LogP contribution in [-0.4, -0.2) is 64.2 Å². The minimum Gasteiger partial charge on any atom is -0.356 e. The van der Waals surface area contributed by atoms with E-state index < -0.39 is 28.1 Å². The van der Waals surface area contributed by atoms with Gasteiger partial charge in [0.1, 0.15) is 6.61 Å². The van der Waals surface area contributed by atoms with E-state index in [4.69, 9.17) is 4.74 Å². The predicted molar refractivity (Wildman–Crippen MR) is 92.3 cm³/mol. The number of amides is 2. The van der Waals surface area contributed by atoms with Crippen LogP contribution in [0.5, 0.6) is 0 Å². The van der Waals surface area contributed by atoms with Gasteiger partial charge in [0.25, 0.3) is 5.91 Å². The largest absolute Gasteiger partial charge is 0.356 e. The lowest BCUT2D eigenvalue weighted by atomic mass is 9.94. The van der Waals surface area contributed by atoms with E-state index in [0.29, 0.717) is 0 Å². The summed E-state index contributed by atoms with van der Waals surface area (Å²) < 4.78 is 30.5. The van der Waals surface area contributed by atoms with E-state index in [1.165, 1.54) is 11.9 Å². The van der Waals surface area contributed by atoms with Crippen LogP contribution < -0.4 is 10.0 Å². The Kier molecular flexibility index (Phi) is 6.15. The topological polar surface area (TPSA) is 105 Å². The monoisotopic (exact) mass is 369 g/mol. The summed E-state index contributed by atoms with van der Waals surface area (Å²) in [4.78, 5) is 26.1. The summed E-state index contributed by atoms with van der Waals surface area (Å²) in [6.45, 7) is 1.67. The van der Waals surface area contributed by atoms with Crippen molar-refractivity contribution in [1.82, 2.24) is 14.9 Å². The third kappa shape index (κ3) is 4.56. The van der Waals surface area contributed by atoms with Crippen molar-refractivity contribution < 1.29 is 22.7 Å². The number of nitrogens with zero attached hydrogens (tertiary/aromatic N) is 1. The molecule has 2 atom stereocenters. The van der Waals surface area contributed by atoms with E-state index in [2.05, 4.69) is 10.0 Å². The summed E-state index contributed by atoms with van der Waals surface area (Å²) in [5.41, 5.74) is 1.76. The average molecular weight is 369 g/mol. The number of hydrogen-bond acceptors (Lipinski definition) is 5. The van der Waals surface area contributed by atoms with Gasteiger partial charge in [0.05, 0.1) is 11.8 Å². The number of benzene rings is 1. The van der Waals surface area contributed by atoms with E-state index in [9.17, 15) is 18.0 Å². The summed E-state index contributed by atoms with van der Waals surface area (Å²) in [6, 6.07) is 6.90. The molecule has 0 saturated carbocycles. The second kappa shape index (κ2) is 7.94. The van der Waals surface area contributed by atoms with Gasteiger partial charge in [0.15, 0.2) is 6.10 Å². The van der Waals surface area contributed by atoms with Crippen LogP contribution in [0.3, 0.4) is 0 Å². The number of carbonyl (C=O) groups is 2. The Balaban J connectivity index is 2.17. The molecule has 25 heavy (non-hydrogen) atoms. The Labute approximate surface area is 147 Å². The summed E-state index contributed by atoms with van der Waals surface area (Å²) in [5, 5.41) is 2.58. The highest BCUT2D eigenvalue weighted by Gasteiger charge is 2.40. The van der Waals surface area contributed by atoms with Gasteiger partial charge in [0.2, 0.25) is 15.9 Å². The highest BCUT2D eigenvalue weighted by molar-refractivity contribution is 7.89. The molecule has 1 fully saturated rings. The van der Waals surface area contributed by atoms with E-state index in [0.717, 1.165) is 11.1 Å². The maximum atomic E-state index is 12.5. The SMILES string of the molecule is CNS(=O)(=O)CCNC(=O)[C@H]1OCC(=O)N(C)[C@@H]1c1ccccc1C. The number of likely N-dealkylation sites (N-methyl/N-ethyl adjacent to an activating group) is 1. The molecule has 1 heterocycles. The molecule has 1 aliphatic heterocycles. The predicted octanol–water partition coefficient (Wildman–Crippen LogP) is -0.441. The first-order valence-corrected chi connectivity index (χ1v) is 9.54. The Bertz CT molecular complexity index is 750. The molecule has 2 amide bonds. The van der Waals surface area contributed by atoms with E-state index >= 15 is 0 Å². The minimum absolute atomic E-state index is 0.0416. The maximum Gasteiger partial charge on any atom is 0.251 e. The molecule has 1 saturated heterocycles. The number of rotatable bonds is 6. The van der Waals surface area contributed by atoms with Gasteiger partial charge >= 0.3 is 0 Å². The Morgan fingerprint density at radius 3 is 2.68 bits per heavy atom. The minimum atomic E-state index is -3.41. The lowest BCUT2D eigenvalue weighted by Gasteiger charge is -2.38. The zero-order valence-corrected chi connectivity index (χ0v) is 15.3. The molecule has 1 aromatic carbocycles. The van der Waals surface area contributed by atoms with Crippen LogP contribution in [0.4, 0.5) is 0 Å². The van der Waals surface area contributed by atoms with Crippen LogP contribution in [0, 0.1) is 6.92 Å². The molecule has 138 valence electrons. The quantitative estimate of drug-likeness (QED) is 0.707. The number of ether oxygens (including phenoxy) is 1. The number of sulfonamides is 1. The molecule has 1 aliphatic rings. The molecule has 8 nitrogen and oxygen atoms in total. The van der Waals surface area contributed by atoms with Crippen molar-refractivity contribution in [2.75, 3.05) is 33.0 Å². The van der Waals surface area contributed by atoms with Crippen molar-refractivity contribution in [3.8, 4) is 0 Å². The highest BCUT2D eigenvalue weighted by atomic mass is 32.2. The fraction of sp³-hybridized carbons (Fsp3) is 0.500. The smallest absolute Gasteiger partial charge is 0.251 e. The van der Waals surface area contributed by atoms with Crippen LogP contribution >= 0.6 is 0 Å². The summed E-state index contributed by atoms with van der Waals surface area (Å²) >= 11 is 0. The standard InChI is InChI=1S/C16H23N3O5S/c1-11-6-4-5-7-12(11)14-15(24-10-13(20)19(14)3)16(21)18-8-9-25(22,23)17-2/h4-7,14-15,17H,8-10H2,1-3H3,(H,18,21)/t14-,15+/m1/s1. The van der Waals surface area contributed by atoms with Crippen molar-refractivity contribution in [3.05, 3.63) is 35.4 Å². The molecule has 9 heteroatoms. The van der Waals surface area contributed by atoms with Crippen LogP contribution in [0.1, 0.15) is 17.2 Å². The summed E-state index contributed by atoms with van der Waals surface area (Å²) in [7, 11) is -0.460. The Morgan fingerprint density at radius 1 is 1.36 bits per heavy atom. The third-order valence-corrected chi connectivity index (χ3v) is 5.59. The number of nitrogens with one attached hydrogen (secondary N) is 2. The van der Waals surface area contributed by atoms with Crippen molar-refractivity contribution in [2.45, 2.75) is 19.1 Å². The second-order valence-electron chi connectivity index (χ2n) is 5.85. The van der Waals surface area contributed by atoms with Crippen LogP contribution in [0.15, 0.2) is 24.3 Å². The first-order valence-electron chi connectivity index (χ1n) is 7.88. The van der Waals surface area contributed by atoms with Crippen LogP contribution in [0.2, 0.25) is 0 Å². The van der Waals surface area contributed by atoms with Gasteiger partial charge in [-0.1, -0.05) is 24.3 Å².